The van der Waals surface area contributed by atoms with Crippen molar-refractivity contribution in [3.8, 4) is 0 Å². The van der Waals surface area contributed by atoms with E-state index in [9.17, 15) is 9.18 Å². The number of benzene rings is 1. The summed E-state index contributed by atoms with van der Waals surface area (Å²) < 4.78 is 12.9. The van der Waals surface area contributed by atoms with E-state index in [1.165, 1.54) is 30.4 Å². The Bertz CT molecular complexity index is 447. The fraction of sp³-hybridized carbons (Fsp3) is 0.250. The minimum absolute atomic E-state index is 0.0267. The summed E-state index contributed by atoms with van der Waals surface area (Å²) >= 11 is 5.58. The van der Waals surface area contributed by atoms with Gasteiger partial charge < -0.3 is 15.5 Å². The summed E-state index contributed by atoms with van der Waals surface area (Å²) in [5.74, 6) is -0.998. The van der Waals surface area contributed by atoms with E-state index in [2.05, 4.69) is 5.32 Å². The summed E-state index contributed by atoms with van der Waals surface area (Å²) in [7, 11) is 0. The SMILES string of the molecule is O=C(C=Cc1ccc(F)c(Cl)c1)NC(CO)CO. The molecule has 98 valence electrons. The second-order valence-corrected chi connectivity index (χ2v) is 3.98. The predicted molar refractivity (Wildman–Crippen MR) is 66.5 cm³/mol. The minimum Gasteiger partial charge on any atom is -0.394 e. The summed E-state index contributed by atoms with van der Waals surface area (Å²) in [6.07, 6.45) is 2.66. The van der Waals surface area contributed by atoms with Crippen molar-refractivity contribution in [3.05, 3.63) is 40.7 Å². The van der Waals surface area contributed by atoms with E-state index < -0.39 is 17.8 Å². The maximum absolute atomic E-state index is 12.9. The van der Waals surface area contributed by atoms with Gasteiger partial charge in [-0.1, -0.05) is 17.7 Å². The summed E-state index contributed by atoms with van der Waals surface area (Å²) in [6, 6.07) is 3.36. The van der Waals surface area contributed by atoms with Gasteiger partial charge in [-0.2, -0.15) is 0 Å². The number of amides is 1. The number of rotatable bonds is 5. The second kappa shape index (κ2) is 7.10. The van der Waals surface area contributed by atoms with Crippen LogP contribution in [-0.2, 0) is 4.79 Å². The zero-order chi connectivity index (χ0) is 13.5. The number of carbonyl (C=O) groups excluding carboxylic acids is 1. The number of hydrogen-bond acceptors (Lipinski definition) is 3. The van der Waals surface area contributed by atoms with E-state index >= 15 is 0 Å². The lowest BCUT2D eigenvalue weighted by Crippen LogP contribution is -2.39. The molecule has 0 atom stereocenters. The molecule has 1 aromatic rings. The Hall–Kier alpha value is -1.43. The molecule has 18 heavy (non-hydrogen) atoms. The van der Waals surface area contributed by atoms with Crippen LogP contribution in [-0.4, -0.2) is 35.4 Å². The largest absolute Gasteiger partial charge is 0.394 e. The molecule has 3 N–H and O–H groups in total. The summed E-state index contributed by atoms with van der Waals surface area (Å²) in [4.78, 5) is 11.4. The molecule has 0 aliphatic carbocycles. The third kappa shape index (κ3) is 4.44. The normalized spacial score (nSPS) is 11.2. The van der Waals surface area contributed by atoms with Crippen molar-refractivity contribution in [2.75, 3.05) is 13.2 Å². The van der Waals surface area contributed by atoms with Crippen LogP contribution >= 0.6 is 11.6 Å². The Morgan fingerprint density at radius 1 is 1.44 bits per heavy atom. The molecule has 4 nitrogen and oxygen atoms in total. The van der Waals surface area contributed by atoms with E-state index in [1.807, 2.05) is 0 Å². The highest BCUT2D eigenvalue weighted by molar-refractivity contribution is 6.30. The van der Waals surface area contributed by atoms with Crippen LogP contribution < -0.4 is 5.32 Å². The van der Waals surface area contributed by atoms with Crippen LogP contribution in [0.1, 0.15) is 5.56 Å². The van der Waals surface area contributed by atoms with Gasteiger partial charge in [0.05, 0.1) is 24.3 Å². The highest BCUT2D eigenvalue weighted by Crippen LogP contribution is 2.16. The molecule has 0 heterocycles. The maximum atomic E-state index is 12.9. The molecule has 0 aromatic heterocycles. The van der Waals surface area contributed by atoms with Crippen molar-refractivity contribution in [2.45, 2.75) is 6.04 Å². The number of hydrogen-bond donors (Lipinski definition) is 3. The molecule has 0 fully saturated rings. The zero-order valence-corrected chi connectivity index (χ0v) is 10.2. The highest BCUT2D eigenvalue weighted by Gasteiger charge is 2.07. The first-order valence-electron chi connectivity index (χ1n) is 5.22. The Kier molecular flexibility index (Phi) is 5.77. The van der Waals surface area contributed by atoms with Gasteiger partial charge in [0, 0.05) is 6.08 Å². The van der Waals surface area contributed by atoms with Crippen molar-refractivity contribution in [1.29, 1.82) is 0 Å². The third-order valence-electron chi connectivity index (χ3n) is 2.16. The Labute approximate surface area is 109 Å². The first kappa shape index (κ1) is 14.6. The van der Waals surface area contributed by atoms with Crippen LogP contribution in [0.4, 0.5) is 4.39 Å². The molecule has 0 aliphatic rings. The smallest absolute Gasteiger partial charge is 0.244 e. The van der Waals surface area contributed by atoms with E-state index in [1.54, 1.807) is 0 Å². The molecule has 0 bridgehead atoms. The summed E-state index contributed by atoms with van der Waals surface area (Å²) in [6.45, 7) is -0.698. The molecule has 0 saturated heterocycles. The van der Waals surface area contributed by atoms with Gasteiger partial charge in [-0.05, 0) is 23.8 Å². The lowest BCUT2D eigenvalue weighted by atomic mass is 10.2. The lowest BCUT2D eigenvalue weighted by molar-refractivity contribution is -0.117. The van der Waals surface area contributed by atoms with Gasteiger partial charge in [0.25, 0.3) is 0 Å². The van der Waals surface area contributed by atoms with Crippen molar-refractivity contribution < 1.29 is 19.4 Å². The van der Waals surface area contributed by atoms with Crippen molar-refractivity contribution in [3.63, 3.8) is 0 Å². The Morgan fingerprint density at radius 3 is 2.67 bits per heavy atom. The topological polar surface area (TPSA) is 69.6 Å². The molecule has 0 unspecified atom stereocenters. The average Bonchev–Trinajstić information content (AvgIpc) is 2.37. The average molecular weight is 274 g/mol. The van der Waals surface area contributed by atoms with Crippen molar-refractivity contribution >= 4 is 23.6 Å². The summed E-state index contributed by atoms with van der Waals surface area (Å²) in [5, 5.41) is 19.9. The fourth-order valence-electron chi connectivity index (χ4n) is 1.19. The molecule has 6 heteroatoms. The molecule has 1 rings (SSSR count). The van der Waals surface area contributed by atoms with E-state index in [4.69, 9.17) is 21.8 Å². The molecule has 0 saturated carbocycles. The fourth-order valence-corrected chi connectivity index (χ4v) is 1.38. The first-order chi connectivity index (χ1) is 8.56. The molecule has 0 aliphatic heterocycles. The second-order valence-electron chi connectivity index (χ2n) is 3.58. The van der Waals surface area contributed by atoms with Crippen LogP contribution in [0.5, 0.6) is 0 Å². The molecular weight excluding hydrogens is 261 g/mol. The minimum atomic E-state index is -0.695. The molecule has 1 aromatic carbocycles. The molecule has 0 spiro atoms. The molecule has 0 radical (unpaired) electrons. The monoisotopic (exact) mass is 273 g/mol. The number of halogens is 2. The van der Waals surface area contributed by atoms with E-state index in [0.717, 1.165) is 0 Å². The quantitative estimate of drug-likeness (QED) is 0.700. The zero-order valence-electron chi connectivity index (χ0n) is 9.44. The van der Waals surface area contributed by atoms with Crippen LogP contribution in [0.2, 0.25) is 5.02 Å². The van der Waals surface area contributed by atoms with Crippen LogP contribution in [0.15, 0.2) is 24.3 Å². The van der Waals surface area contributed by atoms with E-state index in [0.29, 0.717) is 5.56 Å². The predicted octanol–water partition coefficient (Wildman–Crippen LogP) is 0.962. The van der Waals surface area contributed by atoms with Gasteiger partial charge in [0.2, 0.25) is 5.91 Å². The Morgan fingerprint density at radius 2 is 2.11 bits per heavy atom. The van der Waals surface area contributed by atoms with Crippen LogP contribution in [0, 0.1) is 5.82 Å². The van der Waals surface area contributed by atoms with Gasteiger partial charge in [-0.3, -0.25) is 4.79 Å². The van der Waals surface area contributed by atoms with Crippen molar-refractivity contribution in [2.24, 2.45) is 0 Å². The molecular formula is C12H13ClFNO3. The van der Waals surface area contributed by atoms with E-state index in [-0.39, 0.29) is 18.2 Å². The van der Waals surface area contributed by atoms with Gasteiger partial charge >= 0.3 is 0 Å². The number of nitrogens with one attached hydrogen (secondary N) is 1. The number of aliphatic hydroxyl groups is 2. The van der Waals surface area contributed by atoms with Crippen LogP contribution in [0.25, 0.3) is 6.08 Å². The van der Waals surface area contributed by atoms with Gasteiger partial charge in [-0.25, -0.2) is 4.39 Å². The van der Waals surface area contributed by atoms with Gasteiger partial charge in [0.1, 0.15) is 5.82 Å². The standard InChI is InChI=1S/C12H13ClFNO3/c13-10-5-8(1-3-11(10)14)2-4-12(18)15-9(6-16)7-17/h1-5,9,16-17H,6-7H2,(H,15,18). The maximum Gasteiger partial charge on any atom is 0.244 e. The first-order valence-corrected chi connectivity index (χ1v) is 5.60. The lowest BCUT2D eigenvalue weighted by Gasteiger charge is -2.10. The number of aliphatic hydroxyl groups excluding tert-OH is 2. The van der Waals surface area contributed by atoms with Gasteiger partial charge in [0.15, 0.2) is 0 Å². The highest BCUT2D eigenvalue weighted by atomic mass is 35.5. The molecule has 1 amide bonds. The summed E-state index contributed by atoms with van der Waals surface area (Å²) in [5.41, 5.74) is 0.570. The Balaban J connectivity index is 2.63. The van der Waals surface area contributed by atoms with Crippen molar-refractivity contribution in [1.82, 2.24) is 5.32 Å². The number of carbonyl (C=O) groups is 1. The van der Waals surface area contributed by atoms with Crippen LogP contribution in [0.3, 0.4) is 0 Å². The van der Waals surface area contributed by atoms with Gasteiger partial charge in [-0.15, -0.1) is 0 Å². The third-order valence-corrected chi connectivity index (χ3v) is 2.45.